The maximum Gasteiger partial charge on any atom is 0.164 e. The second-order valence-corrected chi connectivity index (χ2v) is 7.57. The molecule has 5 fully saturated rings. The predicted octanol–water partition coefficient (Wildman–Crippen LogP) is 1.57. The fourth-order valence-corrected chi connectivity index (χ4v) is 5.44. The summed E-state index contributed by atoms with van der Waals surface area (Å²) in [5.74, 6) is 1.89. The van der Waals surface area contributed by atoms with Crippen molar-refractivity contribution in [3.8, 4) is 0 Å². The largest absolute Gasteiger partial charge is 0.374 e. The molecule has 19 heavy (non-hydrogen) atoms. The Labute approximate surface area is 113 Å². The highest BCUT2D eigenvalue weighted by molar-refractivity contribution is 5.19. The van der Waals surface area contributed by atoms with Gasteiger partial charge in [-0.1, -0.05) is 13.8 Å². The van der Waals surface area contributed by atoms with Crippen molar-refractivity contribution in [1.82, 2.24) is 0 Å². The van der Waals surface area contributed by atoms with Gasteiger partial charge in [0.15, 0.2) is 5.79 Å². The molecule has 5 saturated heterocycles. The molecule has 0 N–H and O–H groups in total. The Balaban J connectivity index is 1.52. The molecule has 4 nitrogen and oxygen atoms in total. The molecule has 5 rings (SSSR count). The highest BCUT2D eigenvalue weighted by atomic mass is 16.8. The fraction of sp³-hybridized carbons (Fsp3) is 1.00. The average molecular weight is 266 g/mol. The Morgan fingerprint density at radius 1 is 0.632 bits per heavy atom. The molecule has 4 bridgehead atoms. The van der Waals surface area contributed by atoms with Crippen molar-refractivity contribution < 1.29 is 18.9 Å². The van der Waals surface area contributed by atoms with E-state index in [-0.39, 0.29) is 24.4 Å². The van der Waals surface area contributed by atoms with Gasteiger partial charge in [0.25, 0.3) is 0 Å². The molecule has 0 saturated carbocycles. The van der Waals surface area contributed by atoms with Crippen LogP contribution in [0, 0.1) is 23.7 Å². The van der Waals surface area contributed by atoms with Crippen molar-refractivity contribution in [2.24, 2.45) is 23.7 Å². The molecule has 0 aromatic rings. The molecule has 10 unspecified atom stereocenters. The molecular weight excluding hydrogens is 244 g/mol. The minimum Gasteiger partial charge on any atom is -0.374 e. The van der Waals surface area contributed by atoms with Crippen LogP contribution in [0.15, 0.2) is 0 Å². The normalized spacial score (nSPS) is 67.6. The van der Waals surface area contributed by atoms with E-state index >= 15 is 0 Å². The van der Waals surface area contributed by atoms with Gasteiger partial charge in [-0.2, -0.15) is 0 Å². The van der Waals surface area contributed by atoms with Crippen molar-refractivity contribution in [1.29, 1.82) is 0 Å². The second-order valence-electron chi connectivity index (χ2n) is 7.57. The SMILES string of the molecule is CC1C(C)C2OC1C1C3OC(C4OC(C)(C)OC43)C21. The first-order valence-electron chi connectivity index (χ1n) is 7.64. The van der Waals surface area contributed by atoms with Gasteiger partial charge in [0, 0.05) is 11.8 Å². The maximum atomic E-state index is 6.27. The van der Waals surface area contributed by atoms with Gasteiger partial charge in [-0.25, -0.2) is 0 Å². The Morgan fingerprint density at radius 3 is 1.53 bits per heavy atom. The van der Waals surface area contributed by atoms with Crippen LogP contribution in [-0.2, 0) is 18.9 Å². The van der Waals surface area contributed by atoms with Crippen molar-refractivity contribution in [3.63, 3.8) is 0 Å². The molecule has 0 aromatic heterocycles. The number of hydrogen-bond donors (Lipinski definition) is 0. The van der Waals surface area contributed by atoms with Crippen LogP contribution in [0.4, 0.5) is 0 Å². The molecule has 0 aliphatic carbocycles. The first-order chi connectivity index (χ1) is 8.98. The van der Waals surface area contributed by atoms with Gasteiger partial charge < -0.3 is 18.9 Å². The second kappa shape index (κ2) is 3.19. The zero-order valence-electron chi connectivity index (χ0n) is 11.9. The lowest BCUT2D eigenvalue weighted by molar-refractivity contribution is -0.183. The molecule has 0 spiro atoms. The number of fused-ring (bicyclic) bond motifs is 12. The Hall–Kier alpha value is -0.160. The quantitative estimate of drug-likeness (QED) is 0.667. The van der Waals surface area contributed by atoms with E-state index in [1.807, 2.05) is 13.8 Å². The van der Waals surface area contributed by atoms with E-state index in [0.29, 0.717) is 35.9 Å². The van der Waals surface area contributed by atoms with Crippen LogP contribution in [0.2, 0.25) is 0 Å². The third kappa shape index (κ3) is 1.17. The van der Waals surface area contributed by atoms with E-state index < -0.39 is 5.79 Å². The van der Waals surface area contributed by atoms with Gasteiger partial charge in [0.1, 0.15) is 12.2 Å². The van der Waals surface area contributed by atoms with Crippen LogP contribution in [0.3, 0.4) is 0 Å². The monoisotopic (exact) mass is 266 g/mol. The van der Waals surface area contributed by atoms with Gasteiger partial charge in [-0.15, -0.1) is 0 Å². The standard InChI is InChI=1S/C15H22O4/c1-5-6(2)10-8-7(9(5)16-10)11-13-14(12(8)17-11)19-15(3,4)18-13/h5-14H,1-4H3. The summed E-state index contributed by atoms with van der Waals surface area (Å²) in [6.07, 6.45) is 1.35. The molecule has 10 atom stereocenters. The Kier molecular flexibility index (Phi) is 1.93. The molecule has 0 radical (unpaired) electrons. The van der Waals surface area contributed by atoms with Gasteiger partial charge >= 0.3 is 0 Å². The molecule has 0 amide bonds. The summed E-state index contributed by atoms with van der Waals surface area (Å²) in [4.78, 5) is 0. The summed E-state index contributed by atoms with van der Waals surface area (Å²) >= 11 is 0. The zero-order valence-corrected chi connectivity index (χ0v) is 11.9. The lowest BCUT2D eigenvalue weighted by atomic mass is 9.63. The Bertz CT molecular complexity index is 400. The topological polar surface area (TPSA) is 36.9 Å². The smallest absolute Gasteiger partial charge is 0.164 e. The molecular formula is C15H22O4. The van der Waals surface area contributed by atoms with Gasteiger partial charge in [0.2, 0.25) is 0 Å². The molecule has 5 aliphatic heterocycles. The summed E-state index contributed by atoms with van der Waals surface area (Å²) in [5, 5.41) is 0. The summed E-state index contributed by atoms with van der Waals surface area (Å²) in [6, 6.07) is 0. The van der Waals surface area contributed by atoms with Crippen LogP contribution < -0.4 is 0 Å². The van der Waals surface area contributed by atoms with Crippen LogP contribution in [-0.4, -0.2) is 42.4 Å². The molecule has 5 heterocycles. The minimum atomic E-state index is -0.453. The average Bonchev–Trinajstić information content (AvgIpc) is 3.02. The van der Waals surface area contributed by atoms with Crippen molar-refractivity contribution >= 4 is 0 Å². The zero-order chi connectivity index (χ0) is 13.1. The fourth-order valence-electron chi connectivity index (χ4n) is 5.44. The number of rotatable bonds is 0. The van der Waals surface area contributed by atoms with E-state index in [9.17, 15) is 0 Å². The third-order valence-electron chi connectivity index (χ3n) is 6.27. The summed E-state index contributed by atoms with van der Waals surface area (Å²) in [7, 11) is 0. The third-order valence-corrected chi connectivity index (χ3v) is 6.27. The van der Waals surface area contributed by atoms with Gasteiger partial charge in [-0.05, 0) is 25.7 Å². The van der Waals surface area contributed by atoms with E-state index in [1.54, 1.807) is 0 Å². The van der Waals surface area contributed by atoms with Crippen LogP contribution >= 0.6 is 0 Å². The van der Waals surface area contributed by atoms with Crippen molar-refractivity contribution in [2.75, 3.05) is 0 Å². The lowest BCUT2D eigenvalue weighted by Crippen LogP contribution is -2.52. The molecule has 5 aliphatic rings. The Morgan fingerprint density at radius 2 is 1.05 bits per heavy atom. The maximum absolute atomic E-state index is 6.27. The van der Waals surface area contributed by atoms with E-state index in [2.05, 4.69) is 13.8 Å². The van der Waals surface area contributed by atoms with Crippen molar-refractivity contribution in [2.45, 2.75) is 70.1 Å². The molecule has 0 aromatic carbocycles. The lowest BCUT2D eigenvalue weighted by Gasteiger charge is -2.38. The van der Waals surface area contributed by atoms with Crippen LogP contribution in [0.25, 0.3) is 0 Å². The van der Waals surface area contributed by atoms with Crippen LogP contribution in [0.1, 0.15) is 27.7 Å². The molecule has 4 heteroatoms. The van der Waals surface area contributed by atoms with Crippen molar-refractivity contribution in [3.05, 3.63) is 0 Å². The van der Waals surface area contributed by atoms with Crippen LogP contribution in [0.5, 0.6) is 0 Å². The van der Waals surface area contributed by atoms with E-state index in [4.69, 9.17) is 18.9 Å². The predicted molar refractivity (Wildman–Crippen MR) is 66.5 cm³/mol. The first kappa shape index (κ1) is 11.5. The highest BCUT2D eigenvalue weighted by Gasteiger charge is 2.74. The highest BCUT2D eigenvalue weighted by Crippen LogP contribution is 2.62. The van der Waals surface area contributed by atoms with Gasteiger partial charge in [-0.3, -0.25) is 0 Å². The van der Waals surface area contributed by atoms with Gasteiger partial charge in [0.05, 0.1) is 24.4 Å². The molecule has 106 valence electrons. The van der Waals surface area contributed by atoms with E-state index in [1.165, 1.54) is 0 Å². The summed E-state index contributed by atoms with van der Waals surface area (Å²) in [6.45, 7) is 8.67. The van der Waals surface area contributed by atoms with E-state index in [0.717, 1.165) is 0 Å². The summed E-state index contributed by atoms with van der Waals surface area (Å²) < 4.78 is 24.7. The first-order valence-corrected chi connectivity index (χ1v) is 7.64. The number of hydrogen-bond acceptors (Lipinski definition) is 4. The summed E-state index contributed by atoms with van der Waals surface area (Å²) in [5.41, 5.74) is 0. The number of ether oxygens (including phenoxy) is 4. The minimum absolute atomic E-state index is 0.117.